The summed E-state index contributed by atoms with van der Waals surface area (Å²) in [6.07, 6.45) is 3.90. The highest BCUT2D eigenvalue weighted by Gasteiger charge is 2.14. The van der Waals surface area contributed by atoms with Crippen LogP contribution >= 0.6 is 11.6 Å². The lowest BCUT2D eigenvalue weighted by molar-refractivity contribution is 0.433. The molecule has 0 aliphatic rings. The smallest absolute Gasteiger partial charge is 0.0814 e. The molecule has 0 bridgehead atoms. The van der Waals surface area contributed by atoms with Gasteiger partial charge in [-0.3, -0.25) is 4.68 Å². The van der Waals surface area contributed by atoms with Crippen molar-refractivity contribution in [2.45, 2.75) is 46.2 Å². The van der Waals surface area contributed by atoms with Crippen LogP contribution in [-0.2, 0) is 13.0 Å². The van der Waals surface area contributed by atoms with Crippen molar-refractivity contribution in [2.75, 3.05) is 6.54 Å². The fourth-order valence-corrected chi connectivity index (χ4v) is 2.51. The fraction of sp³-hybridized carbons (Fsp3) is 0.471. The van der Waals surface area contributed by atoms with Crippen molar-refractivity contribution in [3.8, 4) is 0 Å². The van der Waals surface area contributed by atoms with Gasteiger partial charge in [-0.05, 0) is 37.4 Å². The molecule has 2 rings (SSSR count). The highest BCUT2D eigenvalue weighted by molar-refractivity contribution is 6.31. The Morgan fingerprint density at radius 2 is 1.95 bits per heavy atom. The Kier molecular flexibility index (Phi) is 5.83. The minimum Gasteiger partial charge on any atom is -0.308 e. The Balaban J connectivity index is 2.18. The van der Waals surface area contributed by atoms with Crippen LogP contribution in [0.2, 0.25) is 5.02 Å². The highest BCUT2D eigenvalue weighted by Crippen LogP contribution is 2.20. The van der Waals surface area contributed by atoms with Gasteiger partial charge in [0.1, 0.15) is 0 Å². The lowest BCUT2D eigenvalue weighted by Gasteiger charge is -2.20. The molecule has 1 heterocycles. The van der Waals surface area contributed by atoms with E-state index in [-0.39, 0.29) is 6.04 Å². The van der Waals surface area contributed by atoms with Crippen molar-refractivity contribution in [3.63, 3.8) is 0 Å². The van der Waals surface area contributed by atoms with Gasteiger partial charge in [0.2, 0.25) is 0 Å². The molecule has 1 unspecified atom stereocenters. The van der Waals surface area contributed by atoms with E-state index < -0.39 is 0 Å². The SMILES string of the molecule is CCCNC(Cn1ncc(Cl)c1C)c1ccc(CC)cc1. The molecule has 1 N–H and O–H groups in total. The number of aromatic nitrogens is 2. The normalized spacial score (nSPS) is 12.6. The van der Waals surface area contributed by atoms with Gasteiger partial charge in [0.25, 0.3) is 0 Å². The first-order valence-corrected chi connectivity index (χ1v) is 8.03. The second kappa shape index (κ2) is 7.62. The largest absolute Gasteiger partial charge is 0.308 e. The molecule has 0 amide bonds. The Labute approximate surface area is 132 Å². The van der Waals surface area contributed by atoms with Crippen LogP contribution in [0.25, 0.3) is 0 Å². The van der Waals surface area contributed by atoms with Gasteiger partial charge in [0.05, 0.1) is 29.5 Å². The average Bonchev–Trinajstić information content (AvgIpc) is 2.83. The molecule has 21 heavy (non-hydrogen) atoms. The van der Waals surface area contributed by atoms with Gasteiger partial charge in [0, 0.05) is 0 Å². The number of aryl methyl sites for hydroxylation is 1. The third kappa shape index (κ3) is 4.08. The molecule has 0 fully saturated rings. The Morgan fingerprint density at radius 1 is 1.24 bits per heavy atom. The Hall–Kier alpha value is -1.32. The summed E-state index contributed by atoms with van der Waals surface area (Å²) in [7, 11) is 0. The van der Waals surface area contributed by atoms with Gasteiger partial charge in [0.15, 0.2) is 0 Å². The monoisotopic (exact) mass is 305 g/mol. The topological polar surface area (TPSA) is 29.9 Å². The molecule has 1 atom stereocenters. The standard InChI is InChI=1S/C17H24ClN3/c1-4-10-19-17(12-21-13(3)16(18)11-20-21)15-8-6-14(5-2)7-9-15/h6-9,11,17,19H,4-5,10,12H2,1-3H3. The maximum absolute atomic E-state index is 6.10. The lowest BCUT2D eigenvalue weighted by atomic mass is 10.0. The average molecular weight is 306 g/mol. The van der Waals surface area contributed by atoms with Crippen LogP contribution in [0.4, 0.5) is 0 Å². The van der Waals surface area contributed by atoms with Gasteiger partial charge in [-0.15, -0.1) is 0 Å². The molecule has 0 spiro atoms. The predicted octanol–water partition coefficient (Wildman–Crippen LogP) is 4.15. The van der Waals surface area contributed by atoms with Gasteiger partial charge in [-0.25, -0.2) is 0 Å². The molecule has 0 saturated heterocycles. The van der Waals surface area contributed by atoms with E-state index in [0.29, 0.717) is 0 Å². The molecule has 1 aromatic carbocycles. The Bertz CT molecular complexity index is 560. The summed E-state index contributed by atoms with van der Waals surface area (Å²) in [5.41, 5.74) is 3.68. The molecule has 0 radical (unpaired) electrons. The van der Waals surface area contributed by atoms with Crippen LogP contribution in [-0.4, -0.2) is 16.3 Å². The number of nitrogens with one attached hydrogen (secondary N) is 1. The molecule has 0 aliphatic carbocycles. The van der Waals surface area contributed by atoms with Crippen LogP contribution in [0.1, 0.15) is 43.1 Å². The fourth-order valence-electron chi connectivity index (χ4n) is 2.37. The summed E-state index contributed by atoms with van der Waals surface area (Å²) in [6.45, 7) is 8.15. The summed E-state index contributed by atoms with van der Waals surface area (Å²) >= 11 is 6.10. The molecule has 4 heteroatoms. The molecule has 3 nitrogen and oxygen atoms in total. The summed E-state index contributed by atoms with van der Waals surface area (Å²) in [5.74, 6) is 0. The quantitative estimate of drug-likeness (QED) is 0.833. The van der Waals surface area contributed by atoms with E-state index in [0.717, 1.165) is 36.6 Å². The third-order valence-electron chi connectivity index (χ3n) is 3.83. The first-order valence-electron chi connectivity index (χ1n) is 7.65. The van der Waals surface area contributed by atoms with Crippen LogP contribution in [0.3, 0.4) is 0 Å². The van der Waals surface area contributed by atoms with E-state index in [1.54, 1.807) is 6.20 Å². The number of rotatable bonds is 7. The van der Waals surface area contributed by atoms with E-state index >= 15 is 0 Å². The van der Waals surface area contributed by atoms with Crippen molar-refractivity contribution in [3.05, 3.63) is 52.3 Å². The van der Waals surface area contributed by atoms with Crippen molar-refractivity contribution < 1.29 is 0 Å². The highest BCUT2D eigenvalue weighted by atomic mass is 35.5. The number of benzene rings is 1. The van der Waals surface area contributed by atoms with Crippen LogP contribution in [0.15, 0.2) is 30.5 Å². The zero-order chi connectivity index (χ0) is 15.2. The maximum Gasteiger partial charge on any atom is 0.0814 e. The van der Waals surface area contributed by atoms with Gasteiger partial charge < -0.3 is 5.32 Å². The zero-order valence-electron chi connectivity index (χ0n) is 13.1. The first-order chi connectivity index (χ1) is 10.2. The predicted molar refractivity (Wildman–Crippen MR) is 88.8 cm³/mol. The second-order valence-electron chi connectivity index (χ2n) is 5.36. The summed E-state index contributed by atoms with van der Waals surface area (Å²) in [6, 6.07) is 9.10. The second-order valence-corrected chi connectivity index (χ2v) is 5.77. The molecule has 2 aromatic rings. The minimum absolute atomic E-state index is 0.255. The molecule has 114 valence electrons. The molecule has 0 saturated carbocycles. The van der Waals surface area contributed by atoms with Crippen molar-refractivity contribution >= 4 is 11.6 Å². The molecule has 0 aliphatic heterocycles. The number of halogens is 1. The van der Waals surface area contributed by atoms with E-state index in [4.69, 9.17) is 11.6 Å². The number of hydrogen-bond donors (Lipinski definition) is 1. The number of nitrogens with zero attached hydrogens (tertiary/aromatic N) is 2. The molecular formula is C17H24ClN3. The molecular weight excluding hydrogens is 282 g/mol. The summed E-state index contributed by atoms with van der Waals surface area (Å²) < 4.78 is 1.98. The first kappa shape index (κ1) is 16.1. The van der Waals surface area contributed by atoms with Crippen molar-refractivity contribution in [1.82, 2.24) is 15.1 Å². The van der Waals surface area contributed by atoms with Crippen molar-refractivity contribution in [1.29, 1.82) is 0 Å². The van der Waals surface area contributed by atoms with Crippen molar-refractivity contribution in [2.24, 2.45) is 0 Å². The van der Waals surface area contributed by atoms with Crippen LogP contribution in [0.5, 0.6) is 0 Å². The van der Waals surface area contributed by atoms with Gasteiger partial charge >= 0.3 is 0 Å². The van der Waals surface area contributed by atoms with E-state index in [2.05, 4.69) is 48.5 Å². The summed E-state index contributed by atoms with van der Waals surface area (Å²) in [4.78, 5) is 0. The minimum atomic E-state index is 0.255. The third-order valence-corrected chi connectivity index (χ3v) is 4.20. The molecule has 1 aromatic heterocycles. The maximum atomic E-state index is 6.10. The van der Waals surface area contributed by atoms with E-state index in [1.807, 2.05) is 11.6 Å². The zero-order valence-corrected chi connectivity index (χ0v) is 13.8. The number of hydrogen-bond acceptors (Lipinski definition) is 2. The van der Waals surface area contributed by atoms with Crippen LogP contribution < -0.4 is 5.32 Å². The lowest BCUT2D eigenvalue weighted by Crippen LogP contribution is -2.27. The van der Waals surface area contributed by atoms with E-state index in [1.165, 1.54) is 11.1 Å². The Morgan fingerprint density at radius 3 is 2.48 bits per heavy atom. The summed E-state index contributed by atoms with van der Waals surface area (Å²) in [5, 5.41) is 8.70. The van der Waals surface area contributed by atoms with Crippen LogP contribution in [0, 0.1) is 6.92 Å². The van der Waals surface area contributed by atoms with Gasteiger partial charge in [-0.2, -0.15) is 5.10 Å². The van der Waals surface area contributed by atoms with E-state index in [9.17, 15) is 0 Å². The van der Waals surface area contributed by atoms with Gasteiger partial charge in [-0.1, -0.05) is 49.7 Å².